The first-order valence-electron chi connectivity index (χ1n) is 6.88. The second-order valence-electron chi connectivity index (χ2n) is 5.03. The van der Waals surface area contributed by atoms with E-state index in [4.69, 9.17) is 0 Å². The second-order valence-corrected chi connectivity index (χ2v) is 6.80. The molecule has 0 heterocycles. The van der Waals surface area contributed by atoms with Crippen molar-refractivity contribution in [3.63, 3.8) is 0 Å². The summed E-state index contributed by atoms with van der Waals surface area (Å²) in [6.45, 7) is 0.0381. The number of carbonyl (C=O) groups is 1. The van der Waals surface area contributed by atoms with Crippen LogP contribution >= 0.6 is 0 Å². The van der Waals surface area contributed by atoms with E-state index in [9.17, 15) is 39.6 Å². The van der Waals surface area contributed by atoms with Crippen molar-refractivity contribution in [1.82, 2.24) is 9.62 Å². The molecule has 0 aromatic heterocycles. The Morgan fingerprint density at radius 2 is 1.81 bits per heavy atom. The molecule has 26 heavy (non-hydrogen) atoms. The Morgan fingerprint density at radius 3 is 2.31 bits per heavy atom. The quantitative estimate of drug-likeness (QED) is 0.561. The van der Waals surface area contributed by atoms with Crippen molar-refractivity contribution in [2.75, 3.05) is 19.6 Å². The van der Waals surface area contributed by atoms with Gasteiger partial charge in [-0.3, -0.25) is 4.79 Å². The first kappa shape index (κ1) is 22.0. The first-order valence-corrected chi connectivity index (χ1v) is 8.37. The Balaban J connectivity index is 2.90. The molecule has 146 valence electrons. The molecule has 0 saturated carbocycles. The largest absolute Gasteiger partial charge is 0.416 e. The van der Waals surface area contributed by atoms with Crippen molar-refractivity contribution < 1.29 is 39.6 Å². The molecule has 0 bridgehead atoms. The summed E-state index contributed by atoms with van der Waals surface area (Å²) in [6.07, 6.45) is -8.47. The maximum absolute atomic E-state index is 12.6. The number of sulfonamides is 1. The SMILES string of the molecule is C=CCN(CC(F)(F)F)C(=O)CNS(=O)(=O)c1cccc(C(F)(F)F)c1. The van der Waals surface area contributed by atoms with Gasteiger partial charge in [0.15, 0.2) is 0 Å². The van der Waals surface area contributed by atoms with E-state index in [-0.39, 0.29) is 0 Å². The zero-order valence-electron chi connectivity index (χ0n) is 13.1. The number of nitrogens with one attached hydrogen (secondary N) is 1. The third kappa shape index (κ3) is 6.67. The summed E-state index contributed by atoms with van der Waals surface area (Å²) in [5.41, 5.74) is -1.22. The molecular formula is C14H14F6N2O3S. The Hall–Kier alpha value is -2.08. The van der Waals surface area contributed by atoms with Crippen LogP contribution in [0.25, 0.3) is 0 Å². The van der Waals surface area contributed by atoms with E-state index in [0.717, 1.165) is 18.2 Å². The van der Waals surface area contributed by atoms with Crippen molar-refractivity contribution >= 4 is 15.9 Å². The van der Waals surface area contributed by atoms with Crippen molar-refractivity contribution in [2.45, 2.75) is 17.2 Å². The fourth-order valence-corrected chi connectivity index (χ4v) is 2.84. The van der Waals surface area contributed by atoms with Crippen molar-refractivity contribution in [3.8, 4) is 0 Å². The molecule has 0 fully saturated rings. The topological polar surface area (TPSA) is 66.5 Å². The molecule has 0 saturated heterocycles. The summed E-state index contributed by atoms with van der Waals surface area (Å²) in [7, 11) is -4.53. The lowest BCUT2D eigenvalue weighted by Gasteiger charge is -2.22. The van der Waals surface area contributed by atoms with Crippen LogP contribution in [0.5, 0.6) is 0 Å². The molecule has 0 spiro atoms. The summed E-state index contributed by atoms with van der Waals surface area (Å²) in [4.78, 5) is 11.3. The van der Waals surface area contributed by atoms with Gasteiger partial charge < -0.3 is 4.90 Å². The molecule has 1 N–H and O–H groups in total. The van der Waals surface area contributed by atoms with Crippen LogP contribution in [0.4, 0.5) is 26.3 Å². The van der Waals surface area contributed by atoms with Crippen molar-refractivity contribution in [3.05, 3.63) is 42.5 Å². The Kier molecular flexibility index (Phi) is 6.82. The number of alkyl halides is 6. The van der Waals surface area contributed by atoms with Crippen LogP contribution in [0.3, 0.4) is 0 Å². The number of hydrogen-bond acceptors (Lipinski definition) is 3. The lowest BCUT2D eigenvalue weighted by molar-refractivity contribution is -0.159. The van der Waals surface area contributed by atoms with E-state index in [1.165, 1.54) is 0 Å². The normalized spacial score (nSPS) is 12.7. The minimum atomic E-state index is -4.78. The van der Waals surface area contributed by atoms with Gasteiger partial charge in [0, 0.05) is 6.54 Å². The highest BCUT2D eigenvalue weighted by molar-refractivity contribution is 7.89. The van der Waals surface area contributed by atoms with Crippen LogP contribution in [-0.4, -0.2) is 45.0 Å². The number of halogens is 6. The maximum atomic E-state index is 12.6. The predicted octanol–water partition coefficient (Wildman–Crippen LogP) is 2.56. The van der Waals surface area contributed by atoms with Gasteiger partial charge >= 0.3 is 12.4 Å². The molecule has 0 radical (unpaired) electrons. The predicted molar refractivity (Wildman–Crippen MR) is 79.5 cm³/mol. The third-order valence-corrected chi connectivity index (χ3v) is 4.36. The minimum absolute atomic E-state index is 0.307. The summed E-state index contributed by atoms with van der Waals surface area (Å²) in [5, 5.41) is 0. The number of hydrogen-bond donors (Lipinski definition) is 1. The molecule has 1 amide bonds. The molecule has 5 nitrogen and oxygen atoms in total. The number of nitrogens with zero attached hydrogens (tertiary/aromatic N) is 1. The van der Waals surface area contributed by atoms with Gasteiger partial charge in [0.05, 0.1) is 17.0 Å². The van der Waals surface area contributed by atoms with Gasteiger partial charge in [-0.05, 0) is 18.2 Å². The first-order chi connectivity index (χ1) is 11.8. The smallest absolute Gasteiger partial charge is 0.329 e. The molecule has 12 heteroatoms. The maximum Gasteiger partial charge on any atom is 0.416 e. The van der Waals surface area contributed by atoms with Crippen LogP contribution in [-0.2, 0) is 21.0 Å². The number of carbonyl (C=O) groups excluding carboxylic acids is 1. The van der Waals surface area contributed by atoms with E-state index < -0.39 is 58.4 Å². The van der Waals surface area contributed by atoms with Crippen LogP contribution in [0.1, 0.15) is 5.56 Å². The van der Waals surface area contributed by atoms with Gasteiger partial charge in [-0.15, -0.1) is 6.58 Å². The van der Waals surface area contributed by atoms with Crippen LogP contribution in [0, 0.1) is 0 Å². The fourth-order valence-electron chi connectivity index (χ4n) is 1.82. The molecule has 1 aromatic carbocycles. The average molecular weight is 404 g/mol. The van der Waals surface area contributed by atoms with Crippen LogP contribution in [0.2, 0.25) is 0 Å². The van der Waals surface area contributed by atoms with Gasteiger partial charge in [-0.1, -0.05) is 12.1 Å². The standard InChI is InChI=1S/C14H14F6N2O3S/c1-2-6-22(9-13(15,16)17)12(23)8-21-26(24,25)11-5-3-4-10(7-11)14(18,19)20/h2-5,7,21H,1,6,8-9H2. The minimum Gasteiger partial charge on any atom is -0.329 e. The van der Waals surface area contributed by atoms with Crippen molar-refractivity contribution in [2.24, 2.45) is 0 Å². The monoisotopic (exact) mass is 404 g/mol. The molecule has 0 aliphatic carbocycles. The summed E-state index contributed by atoms with van der Waals surface area (Å²) < 4.78 is 101. The fraction of sp³-hybridized carbons (Fsp3) is 0.357. The van der Waals surface area contributed by atoms with E-state index in [2.05, 4.69) is 6.58 Å². The summed E-state index contributed by atoms with van der Waals surface area (Å²) >= 11 is 0. The third-order valence-electron chi connectivity index (χ3n) is 2.96. The number of amides is 1. The van der Waals surface area contributed by atoms with Gasteiger partial charge in [0.25, 0.3) is 0 Å². The molecule has 0 unspecified atom stereocenters. The molecular weight excluding hydrogens is 390 g/mol. The lowest BCUT2D eigenvalue weighted by Crippen LogP contribution is -2.44. The number of rotatable bonds is 7. The van der Waals surface area contributed by atoms with Gasteiger partial charge in [0.1, 0.15) is 6.54 Å². The molecule has 0 aliphatic heterocycles. The van der Waals surface area contributed by atoms with Crippen LogP contribution < -0.4 is 4.72 Å². The van der Waals surface area contributed by atoms with Crippen molar-refractivity contribution in [1.29, 1.82) is 0 Å². The Morgan fingerprint density at radius 1 is 1.19 bits per heavy atom. The Bertz CT molecular complexity index is 759. The van der Waals surface area contributed by atoms with E-state index >= 15 is 0 Å². The zero-order valence-corrected chi connectivity index (χ0v) is 13.9. The molecule has 0 atom stereocenters. The molecule has 1 rings (SSSR count). The molecule has 1 aromatic rings. The average Bonchev–Trinajstić information content (AvgIpc) is 2.50. The van der Waals surface area contributed by atoms with E-state index in [1.807, 2.05) is 0 Å². The van der Waals surface area contributed by atoms with E-state index in [1.54, 1.807) is 4.72 Å². The number of benzene rings is 1. The lowest BCUT2D eigenvalue weighted by atomic mass is 10.2. The zero-order chi connectivity index (χ0) is 20.2. The van der Waals surface area contributed by atoms with Gasteiger partial charge in [-0.2, -0.15) is 26.3 Å². The van der Waals surface area contributed by atoms with Crippen LogP contribution in [0.15, 0.2) is 41.8 Å². The highest BCUT2D eigenvalue weighted by Gasteiger charge is 2.33. The summed E-state index contributed by atoms with van der Waals surface area (Å²) in [5.74, 6) is -1.21. The van der Waals surface area contributed by atoms with E-state index in [0.29, 0.717) is 17.0 Å². The Labute approximate surface area is 145 Å². The van der Waals surface area contributed by atoms with Gasteiger partial charge in [-0.25, -0.2) is 13.1 Å². The highest BCUT2D eigenvalue weighted by Crippen LogP contribution is 2.30. The van der Waals surface area contributed by atoms with Gasteiger partial charge in [0.2, 0.25) is 15.9 Å². The summed E-state index contributed by atoms with van der Waals surface area (Å²) in [6, 6.07) is 2.72. The second kappa shape index (κ2) is 8.08. The molecule has 0 aliphatic rings. The highest BCUT2D eigenvalue weighted by atomic mass is 32.2.